The third kappa shape index (κ3) is 8.89. The zero-order valence-corrected chi connectivity index (χ0v) is 30.0. The third-order valence-electron chi connectivity index (χ3n) is 9.40. The van der Waals surface area contributed by atoms with E-state index in [-0.39, 0.29) is 0 Å². The molecule has 0 spiro atoms. The molecule has 3 heterocycles. The van der Waals surface area contributed by atoms with Crippen molar-refractivity contribution in [3.8, 4) is 23.1 Å². The lowest BCUT2D eigenvalue weighted by Crippen LogP contribution is -2.36. The number of hydrogen-bond acceptors (Lipinski definition) is 5. The molecule has 0 radical (unpaired) electrons. The lowest BCUT2D eigenvalue weighted by Gasteiger charge is -2.30. The highest BCUT2D eigenvalue weighted by Crippen LogP contribution is 2.33. The Hall–Kier alpha value is -3.16. The van der Waals surface area contributed by atoms with E-state index in [9.17, 15) is 8.42 Å². The average Bonchev–Trinajstić information content (AvgIpc) is 3.44. The number of likely N-dealkylation sites (tertiary alicyclic amines) is 1. The van der Waals surface area contributed by atoms with Crippen molar-refractivity contribution in [1.29, 1.82) is 0 Å². The predicted octanol–water partition coefficient (Wildman–Crippen LogP) is 6.99. The molecule has 1 fully saturated rings. The Bertz CT molecular complexity index is 1890. The van der Waals surface area contributed by atoms with Crippen LogP contribution in [0, 0.1) is 17.8 Å². The van der Waals surface area contributed by atoms with Gasteiger partial charge in [0.1, 0.15) is 0 Å². The van der Waals surface area contributed by atoms with E-state index < -0.39 is 10.0 Å². The first kappa shape index (κ1) is 34.7. The van der Waals surface area contributed by atoms with Crippen molar-refractivity contribution in [3.63, 3.8) is 0 Å². The fourth-order valence-corrected chi connectivity index (χ4v) is 7.54. The van der Waals surface area contributed by atoms with Crippen molar-refractivity contribution in [2.75, 3.05) is 32.4 Å². The van der Waals surface area contributed by atoms with Gasteiger partial charge in [0.2, 0.25) is 10.0 Å². The van der Waals surface area contributed by atoms with Crippen LogP contribution >= 0.6 is 23.2 Å². The summed E-state index contributed by atoms with van der Waals surface area (Å²) < 4.78 is 28.7. The molecule has 252 valence electrons. The molecular formula is C38H43Cl2N5O2S. The summed E-state index contributed by atoms with van der Waals surface area (Å²) in [6, 6.07) is 21.8. The zero-order chi connectivity index (χ0) is 33.7. The Morgan fingerprint density at radius 2 is 1.58 bits per heavy atom. The summed E-state index contributed by atoms with van der Waals surface area (Å²) in [5.41, 5.74) is 7.75. The molecular weight excluding hydrogens is 661 g/mol. The van der Waals surface area contributed by atoms with E-state index in [2.05, 4.69) is 45.8 Å². The quantitative estimate of drug-likeness (QED) is 0.181. The summed E-state index contributed by atoms with van der Waals surface area (Å²) in [7, 11) is -3.33. The number of fused-ring (bicyclic) bond motifs is 1. The SMILES string of the molecule is CC1CCN(CCCn2nc(-c3ccc(Cl)c(C#Cc4ccc(CNCc5ccc(Cl)cc5)cc4)c3)c3c2CCN(S(C)(=O)=O)C3)CC1. The first-order valence-electron chi connectivity index (χ1n) is 16.7. The average molecular weight is 705 g/mol. The van der Waals surface area contributed by atoms with Crippen LogP contribution in [0.1, 0.15) is 59.7 Å². The lowest BCUT2D eigenvalue weighted by atomic mass is 9.99. The second kappa shape index (κ2) is 15.6. The van der Waals surface area contributed by atoms with Gasteiger partial charge in [0.05, 0.1) is 17.0 Å². The zero-order valence-electron chi connectivity index (χ0n) is 27.7. The maximum atomic E-state index is 12.5. The van der Waals surface area contributed by atoms with Crippen LogP contribution in [0.25, 0.3) is 11.3 Å². The van der Waals surface area contributed by atoms with Crippen molar-refractivity contribution in [2.45, 2.75) is 58.8 Å². The van der Waals surface area contributed by atoms with E-state index in [1.807, 2.05) is 54.6 Å². The smallest absolute Gasteiger partial charge is 0.211 e. The number of nitrogens with zero attached hydrogens (tertiary/aromatic N) is 4. The third-order valence-corrected chi connectivity index (χ3v) is 11.2. The van der Waals surface area contributed by atoms with Gasteiger partial charge in [0.25, 0.3) is 0 Å². The number of hydrogen-bond donors (Lipinski definition) is 1. The molecule has 4 aromatic rings. The molecule has 48 heavy (non-hydrogen) atoms. The van der Waals surface area contributed by atoms with Gasteiger partial charge in [0.15, 0.2) is 0 Å². The number of nitrogens with one attached hydrogen (secondary N) is 1. The molecule has 0 bridgehead atoms. The van der Waals surface area contributed by atoms with Gasteiger partial charge >= 0.3 is 0 Å². The summed E-state index contributed by atoms with van der Waals surface area (Å²) >= 11 is 12.6. The number of rotatable bonds is 10. The predicted molar refractivity (Wildman–Crippen MR) is 196 cm³/mol. The highest BCUT2D eigenvalue weighted by molar-refractivity contribution is 7.88. The highest BCUT2D eigenvalue weighted by atomic mass is 35.5. The minimum atomic E-state index is -3.33. The molecule has 0 atom stereocenters. The number of piperidine rings is 1. The molecule has 2 aliphatic rings. The monoisotopic (exact) mass is 703 g/mol. The maximum Gasteiger partial charge on any atom is 0.211 e. The summed E-state index contributed by atoms with van der Waals surface area (Å²) in [6.45, 7) is 8.81. The van der Waals surface area contributed by atoms with Crippen LogP contribution in [-0.2, 0) is 42.6 Å². The molecule has 6 rings (SSSR count). The van der Waals surface area contributed by atoms with Crippen molar-refractivity contribution in [3.05, 3.63) is 110 Å². The Morgan fingerprint density at radius 1 is 0.896 bits per heavy atom. The number of aromatic nitrogens is 2. The second-order valence-corrected chi connectivity index (χ2v) is 15.9. The Labute approximate surface area is 295 Å². The molecule has 0 saturated carbocycles. The van der Waals surface area contributed by atoms with E-state index in [1.165, 1.54) is 30.2 Å². The molecule has 0 unspecified atom stereocenters. The van der Waals surface area contributed by atoms with Crippen LogP contribution in [0.3, 0.4) is 0 Å². The van der Waals surface area contributed by atoms with Crippen LogP contribution in [0.15, 0.2) is 66.7 Å². The van der Waals surface area contributed by atoms with Crippen LogP contribution < -0.4 is 5.32 Å². The fourth-order valence-electron chi connectivity index (χ4n) is 6.46. The Kier molecular flexibility index (Phi) is 11.3. The molecule has 0 aliphatic carbocycles. The molecule has 1 saturated heterocycles. The van der Waals surface area contributed by atoms with Gasteiger partial charge in [-0.2, -0.15) is 9.40 Å². The maximum absolute atomic E-state index is 12.5. The van der Waals surface area contributed by atoms with Gasteiger partial charge in [-0.05, 0) is 92.3 Å². The van der Waals surface area contributed by atoms with Crippen molar-refractivity contribution < 1.29 is 8.42 Å². The first-order valence-corrected chi connectivity index (χ1v) is 19.3. The Morgan fingerprint density at radius 3 is 2.27 bits per heavy atom. The molecule has 10 heteroatoms. The van der Waals surface area contributed by atoms with Gasteiger partial charge < -0.3 is 10.2 Å². The van der Waals surface area contributed by atoms with E-state index >= 15 is 0 Å². The van der Waals surface area contributed by atoms with Gasteiger partial charge in [0, 0.05) is 72.1 Å². The van der Waals surface area contributed by atoms with Crippen molar-refractivity contribution in [1.82, 2.24) is 24.3 Å². The summed E-state index contributed by atoms with van der Waals surface area (Å²) in [5, 5.41) is 9.86. The molecule has 7 nitrogen and oxygen atoms in total. The van der Waals surface area contributed by atoms with E-state index in [0.29, 0.717) is 30.1 Å². The van der Waals surface area contributed by atoms with Crippen LogP contribution in [-0.4, -0.2) is 59.8 Å². The molecule has 2 aliphatic heterocycles. The summed E-state index contributed by atoms with van der Waals surface area (Å²) in [5.74, 6) is 7.35. The molecule has 0 amide bonds. The lowest BCUT2D eigenvalue weighted by molar-refractivity contribution is 0.187. The minimum Gasteiger partial charge on any atom is -0.309 e. The highest BCUT2D eigenvalue weighted by Gasteiger charge is 2.30. The molecule has 1 aromatic heterocycles. The summed E-state index contributed by atoms with van der Waals surface area (Å²) in [4.78, 5) is 2.56. The van der Waals surface area contributed by atoms with Crippen LogP contribution in [0.2, 0.25) is 10.0 Å². The second-order valence-electron chi connectivity index (χ2n) is 13.1. The molecule has 3 aromatic carbocycles. The normalized spacial score (nSPS) is 16.0. The number of halogens is 2. The van der Waals surface area contributed by atoms with Gasteiger partial charge in [-0.25, -0.2) is 8.42 Å². The van der Waals surface area contributed by atoms with Gasteiger partial charge in [-0.1, -0.05) is 72.3 Å². The first-order chi connectivity index (χ1) is 23.1. The van der Waals surface area contributed by atoms with E-state index in [0.717, 1.165) is 84.7 Å². The van der Waals surface area contributed by atoms with E-state index in [1.54, 1.807) is 4.31 Å². The largest absolute Gasteiger partial charge is 0.309 e. The Balaban J connectivity index is 1.17. The van der Waals surface area contributed by atoms with E-state index in [4.69, 9.17) is 28.3 Å². The fraction of sp³-hybridized carbons (Fsp3) is 0.395. The topological polar surface area (TPSA) is 70.5 Å². The van der Waals surface area contributed by atoms with Gasteiger partial charge in [-0.3, -0.25) is 4.68 Å². The van der Waals surface area contributed by atoms with Crippen LogP contribution in [0.5, 0.6) is 0 Å². The number of aryl methyl sites for hydroxylation is 1. The molecule has 1 N–H and O–H groups in total. The van der Waals surface area contributed by atoms with Crippen molar-refractivity contribution >= 4 is 33.2 Å². The number of benzene rings is 3. The van der Waals surface area contributed by atoms with Crippen LogP contribution in [0.4, 0.5) is 0 Å². The number of sulfonamides is 1. The standard InChI is InChI=1S/C38H43Cl2N5O2S/c1-28-16-21-43(22-17-28)19-3-20-45-37-18-23-44(48(2,46)47)27-35(37)38(42-45)33-12-15-36(40)32(24-33)11-8-29-4-6-30(7-5-29)25-41-26-31-9-13-34(39)14-10-31/h4-7,9-10,12-15,24,28,41H,3,16-23,25-27H2,1-2H3. The summed E-state index contributed by atoms with van der Waals surface area (Å²) in [6.07, 6.45) is 5.45. The minimum absolute atomic E-state index is 0.318. The van der Waals surface area contributed by atoms with Crippen molar-refractivity contribution in [2.24, 2.45) is 5.92 Å². The van der Waals surface area contributed by atoms with Gasteiger partial charge in [-0.15, -0.1) is 0 Å².